The van der Waals surface area contributed by atoms with E-state index in [4.69, 9.17) is 0 Å². The minimum atomic E-state index is -1.91. The van der Waals surface area contributed by atoms with Crippen LogP contribution in [0.15, 0.2) is 80.6 Å². The van der Waals surface area contributed by atoms with Gasteiger partial charge in [-0.3, -0.25) is 19.4 Å². The first-order valence-corrected chi connectivity index (χ1v) is 13.0. The van der Waals surface area contributed by atoms with Crippen molar-refractivity contribution in [2.75, 3.05) is 11.4 Å². The standard InChI is InChI=1S/C27H17BrF4N6O3/c28-15-8-6-13(7-9-15)18-11-19(14-4-2-1-3-5-14)38(34-18)20(39)12-36-25-23(33-35-36)26(40)37(27(25)41)24-21(31)16(29)10-17(30)22(24)32/h1-10,19,23,25H,11-12H2/t19-,23+,25+/m1/s1. The fourth-order valence-electron chi connectivity index (χ4n) is 5.03. The van der Waals surface area contributed by atoms with Crippen molar-refractivity contribution in [2.24, 2.45) is 15.4 Å². The Bertz CT molecular complexity index is 1630. The summed E-state index contributed by atoms with van der Waals surface area (Å²) < 4.78 is 57.5. The van der Waals surface area contributed by atoms with Gasteiger partial charge in [-0.2, -0.15) is 10.2 Å². The molecule has 14 heteroatoms. The molecule has 3 heterocycles. The predicted molar refractivity (Wildman–Crippen MR) is 139 cm³/mol. The van der Waals surface area contributed by atoms with E-state index in [0.717, 1.165) is 20.6 Å². The molecule has 208 valence electrons. The summed E-state index contributed by atoms with van der Waals surface area (Å²) in [6.45, 7) is -0.569. The molecule has 3 aliphatic heterocycles. The van der Waals surface area contributed by atoms with Crippen molar-refractivity contribution in [3.05, 3.63) is 99.5 Å². The normalized spacial score (nSPS) is 21.6. The Kier molecular flexibility index (Phi) is 6.64. The molecule has 41 heavy (non-hydrogen) atoms. The van der Waals surface area contributed by atoms with Gasteiger partial charge in [0.25, 0.3) is 17.7 Å². The van der Waals surface area contributed by atoms with E-state index < -0.39 is 71.3 Å². The summed E-state index contributed by atoms with van der Waals surface area (Å²) in [5, 5.41) is 14.2. The van der Waals surface area contributed by atoms with Crippen LogP contribution in [0.4, 0.5) is 23.2 Å². The second kappa shape index (κ2) is 10.2. The zero-order chi connectivity index (χ0) is 29.0. The Morgan fingerprint density at radius 2 is 1.59 bits per heavy atom. The molecule has 0 unspecified atom stereocenters. The molecule has 3 atom stereocenters. The molecule has 3 amide bonds. The number of imide groups is 1. The Balaban J connectivity index is 1.28. The summed E-state index contributed by atoms with van der Waals surface area (Å²) >= 11 is 3.39. The molecule has 0 bridgehead atoms. The van der Waals surface area contributed by atoms with Crippen molar-refractivity contribution < 1.29 is 31.9 Å². The van der Waals surface area contributed by atoms with Gasteiger partial charge in [-0.1, -0.05) is 63.6 Å². The van der Waals surface area contributed by atoms with Crippen LogP contribution in [-0.2, 0) is 14.4 Å². The lowest BCUT2D eigenvalue weighted by Gasteiger charge is -2.25. The summed E-state index contributed by atoms with van der Waals surface area (Å²) in [4.78, 5) is 39.7. The van der Waals surface area contributed by atoms with E-state index in [0.29, 0.717) is 12.1 Å². The monoisotopic (exact) mass is 628 g/mol. The summed E-state index contributed by atoms with van der Waals surface area (Å²) in [5.41, 5.74) is 0.748. The average molecular weight is 629 g/mol. The number of hydrogen-bond acceptors (Lipinski definition) is 7. The highest BCUT2D eigenvalue weighted by Crippen LogP contribution is 2.37. The second-order valence-electron chi connectivity index (χ2n) is 9.44. The van der Waals surface area contributed by atoms with Crippen molar-refractivity contribution >= 4 is 45.1 Å². The molecule has 0 aliphatic carbocycles. The van der Waals surface area contributed by atoms with Gasteiger partial charge in [-0.25, -0.2) is 27.5 Å². The number of nitrogens with zero attached hydrogens (tertiary/aromatic N) is 6. The highest BCUT2D eigenvalue weighted by molar-refractivity contribution is 9.10. The largest absolute Gasteiger partial charge is 0.271 e. The molecule has 0 radical (unpaired) electrons. The number of hydrogen-bond donors (Lipinski definition) is 0. The van der Waals surface area contributed by atoms with Crippen LogP contribution in [0.25, 0.3) is 0 Å². The Labute approximate surface area is 237 Å². The number of halogens is 5. The minimum Gasteiger partial charge on any atom is -0.271 e. The number of amides is 3. The van der Waals surface area contributed by atoms with Gasteiger partial charge in [0.1, 0.15) is 12.2 Å². The summed E-state index contributed by atoms with van der Waals surface area (Å²) in [6.07, 6.45) is 0.389. The number of hydrazone groups is 1. The van der Waals surface area contributed by atoms with Gasteiger partial charge in [0.2, 0.25) is 0 Å². The van der Waals surface area contributed by atoms with Gasteiger partial charge in [0.05, 0.1) is 11.8 Å². The van der Waals surface area contributed by atoms with Crippen molar-refractivity contribution in [3.8, 4) is 0 Å². The maximum absolute atomic E-state index is 14.5. The lowest BCUT2D eigenvalue weighted by molar-refractivity contribution is -0.135. The van der Waals surface area contributed by atoms with Crippen LogP contribution in [-0.4, -0.2) is 52.1 Å². The molecule has 3 aromatic rings. The quantitative estimate of drug-likeness (QED) is 0.233. The fraction of sp³-hybridized carbons (Fsp3) is 0.185. The van der Waals surface area contributed by atoms with E-state index in [2.05, 4.69) is 31.4 Å². The van der Waals surface area contributed by atoms with Gasteiger partial charge in [-0.15, -0.1) is 0 Å². The third-order valence-corrected chi connectivity index (χ3v) is 7.52. The lowest BCUT2D eigenvalue weighted by atomic mass is 9.98. The molecular formula is C27H17BrF4N6O3. The highest BCUT2D eigenvalue weighted by Gasteiger charge is 2.57. The molecule has 0 aromatic heterocycles. The van der Waals surface area contributed by atoms with Gasteiger partial charge in [0, 0.05) is 17.0 Å². The maximum Gasteiger partial charge on any atom is 0.264 e. The second-order valence-corrected chi connectivity index (χ2v) is 10.4. The SMILES string of the molecule is O=C1[C@H]2N=NN(CC(=O)N3N=C(c4ccc(Br)cc4)C[C@@H]3c3ccccc3)[C@@H]2C(=O)N1c1c(F)c(F)cc(F)c1F. The number of carbonyl (C=O) groups excluding carboxylic acids is 3. The average Bonchev–Trinajstić information content (AvgIpc) is 3.65. The molecule has 1 saturated heterocycles. The van der Waals surface area contributed by atoms with E-state index in [9.17, 15) is 31.9 Å². The van der Waals surface area contributed by atoms with Gasteiger partial charge >= 0.3 is 0 Å². The number of carbonyl (C=O) groups is 3. The molecule has 9 nitrogen and oxygen atoms in total. The van der Waals surface area contributed by atoms with Crippen LogP contribution < -0.4 is 4.90 Å². The van der Waals surface area contributed by atoms with Gasteiger partial charge in [0.15, 0.2) is 35.4 Å². The number of anilines is 1. The summed E-state index contributed by atoms with van der Waals surface area (Å²) in [6, 6.07) is 12.9. The Morgan fingerprint density at radius 1 is 0.927 bits per heavy atom. The minimum absolute atomic E-state index is 0.00817. The van der Waals surface area contributed by atoms with Gasteiger partial charge in [-0.05, 0) is 23.3 Å². The molecule has 3 aromatic carbocycles. The summed E-state index contributed by atoms with van der Waals surface area (Å²) in [5.74, 6) is -10.5. The molecular weight excluding hydrogens is 612 g/mol. The first-order valence-electron chi connectivity index (χ1n) is 12.2. The van der Waals surface area contributed by atoms with E-state index in [-0.39, 0.29) is 11.0 Å². The number of benzene rings is 3. The molecule has 0 saturated carbocycles. The summed E-state index contributed by atoms with van der Waals surface area (Å²) in [7, 11) is 0. The van der Waals surface area contributed by atoms with E-state index in [1.54, 1.807) is 0 Å². The van der Waals surface area contributed by atoms with Crippen molar-refractivity contribution in [1.82, 2.24) is 10.0 Å². The fourth-order valence-corrected chi connectivity index (χ4v) is 5.30. The first-order chi connectivity index (χ1) is 19.7. The van der Waals surface area contributed by atoms with Crippen LogP contribution in [0.3, 0.4) is 0 Å². The van der Waals surface area contributed by atoms with Crippen LogP contribution in [0.2, 0.25) is 0 Å². The third-order valence-electron chi connectivity index (χ3n) is 7.00. The lowest BCUT2D eigenvalue weighted by Crippen LogP contribution is -2.45. The third kappa shape index (κ3) is 4.47. The van der Waals surface area contributed by atoms with Crippen LogP contribution >= 0.6 is 15.9 Å². The van der Waals surface area contributed by atoms with Crippen molar-refractivity contribution in [3.63, 3.8) is 0 Å². The smallest absolute Gasteiger partial charge is 0.264 e. The molecule has 1 fully saturated rings. The van der Waals surface area contributed by atoms with Gasteiger partial charge < -0.3 is 0 Å². The Morgan fingerprint density at radius 3 is 2.24 bits per heavy atom. The first kappa shape index (κ1) is 26.7. The molecule has 3 aliphatic rings. The van der Waals surface area contributed by atoms with Crippen molar-refractivity contribution in [2.45, 2.75) is 24.5 Å². The highest BCUT2D eigenvalue weighted by atomic mass is 79.9. The topological polar surface area (TPSA) is 98.0 Å². The van der Waals surface area contributed by atoms with E-state index >= 15 is 0 Å². The number of fused-ring (bicyclic) bond motifs is 1. The van der Waals surface area contributed by atoms with E-state index in [1.807, 2.05) is 54.6 Å². The predicted octanol–water partition coefficient (Wildman–Crippen LogP) is 4.68. The zero-order valence-electron chi connectivity index (χ0n) is 20.7. The maximum atomic E-state index is 14.5. The van der Waals surface area contributed by atoms with E-state index in [1.165, 1.54) is 5.01 Å². The van der Waals surface area contributed by atoms with Crippen LogP contribution in [0, 0.1) is 23.3 Å². The number of rotatable bonds is 5. The molecule has 0 spiro atoms. The molecule has 6 rings (SSSR count). The van der Waals surface area contributed by atoms with Crippen molar-refractivity contribution in [1.29, 1.82) is 0 Å². The van der Waals surface area contributed by atoms with Crippen LogP contribution in [0.1, 0.15) is 23.6 Å². The van der Waals surface area contributed by atoms with Crippen LogP contribution in [0.5, 0.6) is 0 Å². The zero-order valence-corrected chi connectivity index (χ0v) is 22.3. The molecule has 0 N–H and O–H groups in total. The Hall–Kier alpha value is -4.46.